The van der Waals surface area contributed by atoms with Crippen molar-refractivity contribution >= 4 is 77.0 Å². The van der Waals surface area contributed by atoms with Crippen LogP contribution in [0.2, 0.25) is 0 Å². The Hall–Kier alpha value is -6.70. The summed E-state index contributed by atoms with van der Waals surface area (Å²) in [4.78, 5) is 124. The maximum Gasteiger partial charge on any atom is 0.326 e. The number of carbonyl (C=O) groups excluding carboxylic acids is 7. The predicted molar refractivity (Wildman–Crippen MR) is 246 cm³/mol. The summed E-state index contributed by atoms with van der Waals surface area (Å²) in [7, 11) is 0. The molecule has 0 aliphatic rings. The molecule has 0 aromatic heterocycles. The first-order valence-electron chi connectivity index (χ1n) is 21.1. The fourth-order valence-electron chi connectivity index (χ4n) is 5.93. The molecule has 0 bridgehead atoms. The molecule has 0 unspecified atom stereocenters. The number of aliphatic imine (C=N–C) groups is 2. The zero-order chi connectivity index (χ0) is 49.8. The molecule has 7 atom stereocenters. The second-order valence-corrected chi connectivity index (χ2v) is 16.1. The van der Waals surface area contributed by atoms with Crippen LogP contribution in [0.3, 0.4) is 0 Å². The number of hydrogen-bond donors (Lipinski definition) is 14. The molecule has 7 amide bonds. The molecule has 0 fully saturated rings. The van der Waals surface area contributed by atoms with Crippen LogP contribution in [-0.4, -0.2) is 150 Å². The lowest BCUT2D eigenvalue weighted by atomic mass is 9.98. The highest BCUT2D eigenvalue weighted by Crippen LogP contribution is 2.11. The topological polar surface area (TPSA) is 433 Å². The van der Waals surface area contributed by atoms with Gasteiger partial charge in [-0.15, -0.1) is 0 Å². The van der Waals surface area contributed by atoms with Gasteiger partial charge in [0.2, 0.25) is 41.4 Å². The molecule has 0 saturated carbocycles. The molecular formula is C40H66N14O11S. The number of nitrogens with zero attached hydrogens (tertiary/aromatic N) is 2. The van der Waals surface area contributed by atoms with Crippen molar-refractivity contribution in [3.63, 3.8) is 0 Å². The number of thioether (sulfide) groups is 1. The second kappa shape index (κ2) is 31.2. The fourth-order valence-corrected chi connectivity index (χ4v) is 6.40. The quantitative estimate of drug-likeness (QED) is 0.0184. The first-order chi connectivity index (χ1) is 31.2. The van der Waals surface area contributed by atoms with E-state index in [4.69, 9.17) is 28.7 Å². The summed E-state index contributed by atoms with van der Waals surface area (Å²) in [5.41, 5.74) is 28.4. The minimum atomic E-state index is -1.80. The number of carbonyl (C=O) groups is 9. The molecule has 0 aliphatic heterocycles. The zero-order valence-corrected chi connectivity index (χ0v) is 38.2. The molecule has 368 valence electrons. The fraction of sp³-hybridized carbons (Fsp3) is 0.575. The molecule has 0 heterocycles. The van der Waals surface area contributed by atoms with Gasteiger partial charge in [0.05, 0.1) is 25.6 Å². The van der Waals surface area contributed by atoms with Crippen LogP contribution in [0.15, 0.2) is 40.3 Å². The normalized spacial score (nSPS) is 13.9. The van der Waals surface area contributed by atoms with E-state index in [0.29, 0.717) is 6.42 Å². The Morgan fingerprint density at radius 3 is 1.64 bits per heavy atom. The number of aliphatic carboxylic acids is 2. The smallest absolute Gasteiger partial charge is 0.326 e. The van der Waals surface area contributed by atoms with Gasteiger partial charge in [0.1, 0.15) is 30.2 Å². The Labute approximate surface area is 386 Å². The van der Waals surface area contributed by atoms with Crippen LogP contribution in [0.4, 0.5) is 0 Å². The number of nitrogens with two attached hydrogens (primary N) is 5. The van der Waals surface area contributed by atoms with E-state index in [0.717, 1.165) is 5.56 Å². The summed E-state index contributed by atoms with van der Waals surface area (Å²) in [6.07, 6.45) is 1.42. The molecule has 25 nitrogen and oxygen atoms in total. The van der Waals surface area contributed by atoms with Crippen LogP contribution in [0.5, 0.6) is 0 Å². The van der Waals surface area contributed by atoms with E-state index in [1.165, 1.54) is 11.8 Å². The first-order valence-corrected chi connectivity index (χ1v) is 22.5. The van der Waals surface area contributed by atoms with Gasteiger partial charge in [-0.05, 0) is 62.0 Å². The maximum atomic E-state index is 13.8. The van der Waals surface area contributed by atoms with Crippen LogP contribution in [0.25, 0.3) is 0 Å². The lowest BCUT2D eigenvalue weighted by Gasteiger charge is -2.27. The van der Waals surface area contributed by atoms with Crippen molar-refractivity contribution in [2.45, 2.75) is 101 Å². The third kappa shape index (κ3) is 23.8. The van der Waals surface area contributed by atoms with E-state index in [-0.39, 0.29) is 69.3 Å². The average Bonchev–Trinajstić information content (AvgIpc) is 3.26. The van der Waals surface area contributed by atoms with Crippen LogP contribution in [0, 0.1) is 5.92 Å². The molecule has 0 spiro atoms. The van der Waals surface area contributed by atoms with E-state index in [1.807, 2.05) is 6.07 Å². The first kappa shape index (κ1) is 57.3. The summed E-state index contributed by atoms with van der Waals surface area (Å²) >= 11 is 1.30. The minimum Gasteiger partial charge on any atom is -0.481 e. The van der Waals surface area contributed by atoms with E-state index in [1.54, 1.807) is 44.4 Å². The highest BCUT2D eigenvalue weighted by molar-refractivity contribution is 7.98. The zero-order valence-electron chi connectivity index (χ0n) is 37.4. The molecule has 66 heavy (non-hydrogen) atoms. The number of carboxylic acid groups (broad SMARTS) is 2. The van der Waals surface area contributed by atoms with Crippen LogP contribution in [0.1, 0.15) is 64.4 Å². The maximum absolute atomic E-state index is 13.8. The lowest BCUT2D eigenvalue weighted by molar-refractivity contribution is -0.144. The monoisotopic (exact) mass is 950 g/mol. The minimum absolute atomic E-state index is 0.0251. The standard InChI is InChI=1S/C40H66N14O11S/c1-4-22(2)32(38(64)65)54-36(62)26(13-9-16-47-40(44)45)51-37(63)28(19-31(57)58)53-35(61)27(14-17-66-3)52-34(60)25(12-8-15-46-39(42)43)50-30(56)21-48-29(55)20-49-33(59)24(41)18-23-10-6-5-7-11-23/h5-7,10-11,22,24-28,32H,4,8-9,12-21,41H2,1-3H3,(H,48,55)(H,49,59)(H,50,56)(H,51,63)(H,52,60)(H,53,61)(H,54,62)(H,57,58)(H,64,65)(H4,42,43,46)(H4,44,45,47)/t22-,24-,25-,26-,27-,28-,32-/m0/s1. The van der Waals surface area contributed by atoms with Crippen molar-refractivity contribution in [1.82, 2.24) is 37.2 Å². The molecule has 1 aromatic carbocycles. The van der Waals surface area contributed by atoms with Crippen LogP contribution < -0.4 is 65.9 Å². The van der Waals surface area contributed by atoms with Gasteiger partial charge in [-0.3, -0.25) is 48.3 Å². The number of carboxylic acids is 2. The summed E-state index contributed by atoms with van der Waals surface area (Å²) in [6, 6.07) is 0.772. The molecule has 1 aromatic rings. The molecule has 0 aliphatic carbocycles. The van der Waals surface area contributed by atoms with Gasteiger partial charge in [-0.2, -0.15) is 11.8 Å². The summed E-state index contributed by atoms with van der Waals surface area (Å²) in [6.45, 7) is 2.29. The Kier molecular flexibility index (Phi) is 27.1. The van der Waals surface area contributed by atoms with Gasteiger partial charge in [0.25, 0.3) is 0 Å². The van der Waals surface area contributed by atoms with Gasteiger partial charge < -0.3 is 76.1 Å². The van der Waals surface area contributed by atoms with Gasteiger partial charge in [0.15, 0.2) is 11.9 Å². The number of amides is 7. The van der Waals surface area contributed by atoms with Crippen LogP contribution >= 0.6 is 11.8 Å². The average molecular weight is 951 g/mol. The molecule has 26 heteroatoms. The molecular weight excluding hydrogens is 885 g/mol. The van der Waals surface area contributed by atoms with Crippen molar-refractivity contribution in [3.8, 4) is 0 Å². The number of rotatable bonds is 32. The molecule has 19 N–H and O–H groups in total. The van der Waals surface area contributed by atoms with E-state index >= 15 is 0 Å². The summed E-state index contributed by atoms with van der Waals surface area (Å²) in [5.74, 6) is -9.54. The summed E-state index contributed by atoms with van der Waals surface area (Å²) < 4.78 is 0. The van der Waals surface area contributed by atoms with E-state index < -0.39 is 115 Å². The van der Waals surface area contributed by atoms with Crippen molar-refractivity contribution in [3.05, 3.63) is 35.9 Å². The highest BCUT2D eigenvalue weighted by Gasteiger charge is 2.34. The molecule has 1 rings (SSSR count). The SMILES string of the molecule is CC[C@H](C)[C@H](NC(=O)[C@H](CCCN=C(N)N)NC(=O)[C@H](CC(=O)O)NC(=O)[C@H](CCSC)NC(=O)[C@H](CCCN=C(N)N)NC(=O)CNC(=O)CNC(=O)[C@@H](N)Cc1ccccc1)C(=O)O. The summed E-state index contributed by atoms with van der Waals surface area (Å²) in [5, 5.41) is 36.4. The van der Waals surface area contributed by atoms with Gasteiger partial charge in [-0.1, -0.05) is 50.6 Å². The third-order valence-electron chi connectivity index (χ3n) is 9.71. The number of hydrogen-bond acceptors (Lipinski definition) is 13. The Morgan fingerprint density at radius 1 is 0.652 bits per heavy atom. The number of nitrogens with one attached hydrogen (secondary N) is 7. The second-order valence-electron chi connectivity index (χ2n) is 15.1. The molecule has 0 radical (unpaired) electrons. The van der Waals surface area contributed by atoms with Crippen molar-refractivity contribution in [2.24, 2.45) is 44.6 Å². The van der Waals surface area contributed by atoms with Gasteiger partial charge >= 0.3 is 11.9 Å². The van der Waals surface area contributed by atoms with E-state index in [2.05, 4.69) is 47.2 Å². The van der Waals surface area contributed by atoms with E-state index in [9.17, 15) is 53.4 Å². The van der Waals surface area contributed by atoms with Crippen molar-refractivity contribution < 1.29 is 53.4 Å². The van der Waals surface area contributed by atoms with Gasteiger partial charge in [0, 0.05) is 13.1 Å². The lowest BCUT2D eigenvalue weighted by Crippen LogP contribution is -2.59. The Balaban J connectivity index is 3.20. The Morgan fingerprint density at radius 2 is 1.14 bits per heavy atom. The number of benzene rings is 1. The largest absolute Gasteiger partial charge is 0.481 e. The Bertz CT molecular complexity index is 1850. The van der Waals surface area contributed by atoms with Crippen LogP contribution in [-0.2, 0) is 49.6 Å². The predicted octanol–water partition coefficient (Wildman–Crippen LogP) is -4.32. The molecule has 0 saturated heterocycles. The van der Waals surface area contributed by atoms with Crippen molar-refractivity contribution in [2.75, 3.05) is 38.2 Å². The van der Waals surface area contributed by atoms with Crippen molar-refractivity contribution in [1.29, 1.82) is 0 Å². The van der Waals surface area contributed by atoms with Gasteiger partial charge in [-0.25, -0.2) is 4.79 Å². The number of guanidine groups is 2. The third-order valence-corrected chi connectivity index (χ3v) is 10.4. The highest BCUT2D eigenvalue weighted by atomic mass is 32.2.